The van der Waals surface area contributed by atoms with Crippen molar-refractivity contribution in [2.45, 2.75) is 20.8 Å². The topological polar surface area (TPSA) is 103 Å². The van der Waals surface area contributed by atoms with Gasteiger partial charge in [-0.3, -0.25) is 10.1 Å². The Morgan fingerprint density at radius 1 is 1.19 bits per heavy atom. The lowest BCUT2D eigenvalue weighted by Crippen LogP contribution is -2.12. The Labute approximate surface area is 158 Å². The molecule has 0 fully saturated rings. The molecule has 1 aromatic carbocycles. The molecule has 0 unspecified atom stereocenters. The van der Waals surface area contributed by atoms with E-state index in [9.17, 15) is 4.79 Å². The fourth-order valence-electron chi connectivity index (χ4n) is 2.80. The number of rotatable bonds is 4. The number of aryl methyl sites for hydroxylation is 3. The van der Waals surface area contributed by atoms with Gasteiger partial charge in [-0.25, -0.2) is 4.98 Å². The monoisotopic (exact) mass is 384 g/mol. The van der Waals surface area contributed by atoms with Crippen molar-refractivity contribution in [3.63, 3.8) is 0 Å². The lowest BCUT2D eigenvalue weighted by atomic mass is 10.1. The van der Waals surface area contributed by atoms with Crippen LogP contribution in [0.15, 0.2) is 27.0 Å². The van der Waals surface area contributed by atoms with Crippen molar-refractivity contribution in [1.29, 1.82) is 0 Å². The van der Waals surface area contributed by atoms with Crippen molar-refractivity contribution in [3.05, 3.63) is 40.2 Å². The normalized spacial score (nSPS) is 11.1. The third-order valence-electron chi connectivity index (χ3n) is 4.09. The standard InChI is InChI=1S/C18H16N4O4S/c1-8-12-6-5-11(24-4)7-13(12)25-14(8)16(23)20-18-22-21-17(26-18)15-9(2)19-10(3)27-15/h5-7H,1-4H3,(H,20,22,23). The molecule has 9 heteroatoms. The second-order valence-corrected chi connectivity index (χ2v) is 7.14. The first-order valence-corrected chi connectivity index (χ1v) is 8.94. The highest BCUT2D eigenvalue weighted by Crippen LogP contribution is 2.31. The number of ether oxygens (including phenoxy) is 1. The first kappa shape index (κ1) is 17.2. The Morgan fingerprint density at radius 3 is 2.70 bits per heavy atom. The molecule has 4 aromatic rings. The number of benzene rings is 1. The number of thiazole rings is 1. The average molecular weight is 384 g/mol. The van der Waals surface area contributed by atoms with E-state index in [1.807, 2.05) is 32.9 Å². The molecule has 1 N–H and O–H groups in total. The minimum Gasteiger partial charge on any atom is -0.497 e. The van der Waals surface area contributed by atoms with E-state index in [1.165, 1.54) is 11.3 Å². The summed E-state index contributed by atoms with van der Waals surface area (Å²) in [7, 11) is 1.57. The summed E-state index contributed by atoms with van der Waals surface area (Å²) in [5.74, 6) is 0.692. The lowest BCUT2D eigenvalue weighted by molar-refractivity contribution is 0.0995. The molecule has 0 saturated heterocycles. The molecule has 0 aliphatic rings. The maximum Gasteiger partial charge on any atom is 0.322 e. The van der Waals surface area contributed by atoms with Gasteiger partial charge in [0.2, 0.25) is 0 Å². The number of furan rings is 1. The van der Waals surface area contributed by atoms with E-state index in [0.29, 0.717) is 17.2 Å². The number of anilines is 1. The van der Waals surface area contributed by atoms with Crippen molar-refractivity contribution in [1.82, 2.24) is 15.2 Å². The SMILES string of the molecule is COc1ccc2c(C)c(C(=O)Nc3nnc(-c4sc(C)nc4C)o3)oc2c1. The van der Waals surface area contributed by atoms with Crippen LogP contribution in [0.4, 0.5) is 6.01 Å². The van der Waals surface area contributed by atoms with E-state index in [0.717, 1.165) is 26.5 Å². The van der Waals surface area contributed by atoms with Gasteiger partial charge in [0.15, 0.2) is 5.76 Å². The van der Waals surface area contributed by atoms with Crippen LogP contribution in [0.3, 0.4) is 0 Å². The number of carbonyl (C=O) groups excluding carboxylic acids is 1. The molecule has 27 heavy (non-hydrogen) atoms. The summed E-state index contributed by atoms with van der Waals surface area (Å²) in [5.41, 5.74) is 2.10. The van der Waals surface area contributed by atoms with Crippen LogP contribution in [-0.4, -0.2) is 28.2 Å². The summed E-state index contributed by atoms with van der Waals surface area (Å²) >= 11 is 1.45. The smallest absolute Gasteiger partial charge is 0.322 e. The third kappa shape index (κ3) is 3.06. The zero-order valence-electron chi connectivity index (χ0n) is 15.1. The molecule has 0 bridgehead atoms. The van der Waals surface area contributed by atoms with Crippen LogP contribution < -0.4 is 10.1 Å². The number of methoxy groups -OCH3 is 1. The molecule has 3 aromatic heterocycles. The Kier molecular flexibility index (Phi) is 4.15. The van der Waals surface area contributed by atoms with Crippen molar-refractivity contribution in [2.24, 2.45) is 0 Å². The molecular weight excluding hydrogens is 368 g/mol. The minimum absolute atomic E-state index is 0.00195. The number of nitrogens with one attached hydrogen (secondary N) is 1. The minimum atomic E-state index is -0.463. The fraction of sp³-hybridized carbons (Fsp3) is 0.222. The Morgan fingerprint density at radius 2 is 2.00 bits per heavy atom. The van der Waals surface area contributed by atoms with E-state index < -0.39 is 5.91 Å². The Balaban J connectivity index is 1.60. The van der Waals surface area contributed by atoms with Crippen LogP contribution in [0.2, 0.25) is 0 Å². The predicted octanol–water partition coefficient (Wildman–Crippen LogP) is 4.13. The van der Waals surface area contributed by atoms with Crippen LogP contribution >= 0.6 is 11.3 Å². The molecular formula is C18H16N4O4S. The van der Waals surface area contributed by atoms with Crippen LogP contribution in [0.1, 0.15) is 26.8 Å². The summed E-state index contributed by atoms with van der Waals surface area (Å²) in [6.07, 6.45) is 0. The lowest BCUT2D eigenvalue weighted by Gasteiger charge is -1.97. The highest BCUT2D eigenvalue weighted by atomic mass is 32.1. The molecule has 4 rings (SSSR count). The van der Waals surface area contributed by atoms with Crippen LogP contribution in [-0.2, 0) is 0 Å². The number of nitrogens with zero attached hydrogens (tertiary/aromatic N) is 3. The molecule has 0 spiro atoms. The zero-order chi connectivity index (χ0) is 19.1. The maximum atomic E-state index is 12.6. The van der Waals surface area contributed by atoms with Gasteiger partial charge in [-0.05, 0) is 32.9 Å². The van der Waals surface area contributed by atoms with Gasteiger partial charge >= 0.3 is 6.01 Å². The number of hydrogen-bond acceptors (Lipinski definition) is 8. The molecule has 0 radical (unpaired) electrons. The molecule has 3 heterocycles. The van der Waals surface area contributed by atoms with Gasteiger partial charge in [0.1, 0.15) is 16.2 Å². The zero-order valence-corrected chi connectivity index (χ0v) is 15.9. The van der Waals surface area contributed by atoms with E-state index >= 15 is 0 Å². The number of carbonyl (C=O) groups is 1. The van der Waals surface area contributed by atoms with Crippen molar-refractivity contribution >= 4 is 34.2 Å². The Bertz CT molecular complexity index is 1160. The first-order valence-electron chi connectivity index (χ1n) is 8.12. The second kappa shape index (κ2) is 6.51. The third-order valence-corrected chi connectivity index (χ3v) is 5.16. The second-order valence-electron chi connectivity index (χ2n) is 5.93. The highest BCUT2D eigenvalue weighted by molar-refractivity contribution is 7.15. The van der Waals surface area contributed by atoms with Gasteiger partial charge in [0.05, 0.1) is 17.8 Å². The van der Waals surface area contributed by atoms with E-state index in [-0.39, 0.29) is 11.8 Å². The van der Waals surface area contributed by atoms with Crippen molar-refractivity contribution < 1.29 is 18.4 Å². The van der Waals surface area contributed by atoms with Crippen molar-refractivity contribution in [3.8, 4) is 16.5 Å². The van der Waals surface area contributed by atoms with Gasteiger partial charge in [0.25, 0.3) is 11.8 Å². The highest BCUT2D eigenvalue weighted by Gasteiger charge is 2.21. The van der Waals surface area contributed by atoms with Gasteiger partial charge in [0, 0.05) is 17.0 Å². The van der Waals surface area contributed by atoms with E-state index in [2.05, 4.69) is 20.5 Å². The first-order chi connectivity index (χ1) is 13.0. The van der Waals surface area contributed by atoms with Crippen LogP contribution in [0.5, 0.6) is 5.75 Å². The Hall–Kier alpha value is -3.20. The predicted molar refractivity (Wildman–Crippen MR) is 100 cm³/mol. The van der Waals surface area contributed by atoms with Crippen LogP contribution in [0, 0.1) is 20.8 Å². The maximum absolute atomic E-state index is 12.6. The van der Waals surface area contributed by atoms with Gasteiger partial charge in [-0.15, -0.1) is 16.4 Å². The van der Waals surface area contributed by atoms with Gasteiger partial charge in [-0.1, -0.05) is 5.10 Å². The molecule has 138 valence electrons. The summed E-state index contributed by atoms with van der Waals surface area (Å²) < 4.78 is 16.4. The molecule has 0 atom stereocenters. The van der Waals surface area contributed by atoms with E-state index in [1.54, 1.807) is 13.2 Å². The molecule has 8 nitrogen and oxygen atoms in total. The quantitative estimate of drug-likeness (QED) is 0.564. The summed E-state index contributed by atoms with van der Waals surface area (Å²) in [4.78, 5) is 17.7. The molecule has 0 saturated carbocycles. The van der Waals surface area contributed by atoms with Crippen LogP contribution in [0.25, 0.3) is 21.7 Å². The van der Waals surface area contributed by atoms with Gasteiger partial charge < -0.3 is 13.6 Å². The fourth-order valence-corrected chi connectivity index (χ4v) is 3.64. The number of hydrogen-bond donors (Lipinski definition) is 1. The summed E-state index contributed by atoms with van der Waals surface area (Å²) in [6, 6.07) is 5.40. The number of amides is 1. The average Bonchev–Trinajstić information content (AvgIpc) is 3.32. The summed E-state index contributed by atoms with van der Waals surface area (Å²) in [6.45, 7) is 5.59. The van der Waals surface area contributed by atoms with Gasteiger partial charge in [-0.2, -0.15) is 0 Å². The van der Waals surface area contributed by atoms with Crippen molar-refractivity contribution in [2.75, 3.05) is 12.4 Å². The summed E-state index contributed by atoms with van der Waals surface area (Å²) in [5, 5.41) is 12.2. The number of aromatic nitrogens is 3. The largest absolute Gasteiger partial charge is 0.497 e. The molecule has 0 aliphatic heterocycles. The molecule has 1 amide bonds. The van der Waals surface area contributed by atoms with E-state index in [4.69, 9.17) is 13.6 Å². The number of fused-ring (bicyclic) bond motifs is 1. The molecule has 0 aliphatic carbocycles.